The Labute approximate surface area is 95.1 Å². The number of hydrogen-bond donors (Lipinski definition) is 0. The van der Waals surface area contributed by atoms with E-state index < -0.39 is 16.1 Å². The summed E-state index contributed by atoms with van der Waals surface area (Å²) in [6, 6.07) is 3.00. The van der Waals surface area contributed by atoms with Crippen LogP contribution in [0.5, 0.6) is 0 Å². The fraction of sp³-hybridized carbons (Fsp3) is 1.00. The van der Waals surface area contributed by atoms with E-state index in [-0.39, 0.29) is 8.80 Å². The van der Waals surface area contributed by atoms with Crippen molar-refractivity contribution >= 4 is 24.9 Å². The van der Waals surface area contributed by atoms with E-state index in [0.29, 0.717) is 0 Å². The molecule has 0 aromatic heterocycles. The van der Waals surface area contributed by atoms with Gasteiger partial charge in [0, 0.05) is 24.9 Å². The van der Waals surface area contributed by atoms with Crippen molar-refractivity contribution in [2.24, 2.45) is 0 Å². The maximum absolute atomic E-state index is 2.64. The predicted octanol–water partition coefficient (Wildman–Crippen LogP) is 4.38. The van der Waals surface area contributed by atoms with E-state index in [0.717, 1.165) is 0 Å². The zero-order valence-electron chi connectivity index (χ0n) is 11.4. The molecule has 0 aromatic rings. The standard InChI is InChI=1S/C11H30Si3/c1-8-14(7,9-2)11-13(5,6)10-12(3)4/h12H,8-11H2,1-7H3. The minimum atomic E-state index is -0.820. The van der Waals surface area contributed by atoms with Crippen LogP contribution in [-0.2, 0) is 0 Å². The quantitative estimate of drug-likeness (QED) is 0.610. The van der Waals surface area contributed by atoms with Crippen molar-refractivity contribution in [1.82, 2.24) is 0 Å². The molecule has 14 heavy (non-hydrogen) atoms. The third-order valence-electron chi connectivity index (χ3n) is 3.57. The second kappa shape index (κ2) is 5.66. The lowest BCUT2D eigenvalue weighted by molar-refractivity contribution is 1.22. The first-order chi connectivity index (χ1) is 6.24. The lowest BCUT2D eigenvalue weighted by Crippen LogP contribution is -2.42. The molecule has 0 saturated heterocycles. The molecule has 86 valence electrons. The average Bonchev–Trinajstić information content (AvgIpc) is 2.01. The molecule has 0 aliphatic heterocycles. The highest BCUT2D eigenvalue weighted by Crippen LogP contribution is 2.29. The maximum Gasteiger partial charge on any atom is 0.0473 e. The summed E-state index contributed by atoms with van der Waals surface area (Å²) in [6.45, 7) is 17.8. The zero-order chi connectivity index (χ0) is 11.4. The normalized spacial score (nSPS) is 13.7. The molecule has 0 atom stereocenters. The highest BCUT2D eigenvalue weighted by molar-refractivity contribution is 6.99. The molecule has 0 rings (SSSR count). The number of rotatable bonds is 6. The molecule has 0 bridgehead atoms. The van der Waals surface area contributed by atoms with Gasteiger partial charge in [0.2, 0.25) is 0 Å². The van der Waals surface area contributed by atoms with Gasteiger partial charge in [0.1, 0.15) is 0 Å². The van der Waals surface area contributed by atoms with Crippen molar-refractivity contribution < 1.29 is 0 Å². The van der Waals surface area contributed by atoms with Crippen LogP contribution in [0.15, 0.2) is 0 Å². The van der Waals surface area contributed by atoms with Crippen molar-refractivity contribution in [3.8, 4) is 0 Å². The summed E-state index contributed by atoms with van der Waals surface area (Å²) in [4.78, 5) is 0. The minimum Gasteiger partial charge on any atom is -0.0724 e. The minimum absolute atomic E-state index is 0.323. The van der Waals surface area contributed by atoms with Gasteiger partial charge in [-0.05, 0) is 0 Å². The second-order valence-corrected chi connectivity index (χ2v) is 21.7. The van der Waals surface area contributed by atoms with Crippen molar-refractivity contribution in [2.45, 2.75) is 70.0 Å². The Morgan fingerprint density at radius 2 is 1.36 bits per heavy atom. The molecule has 0 heterocycles. The fourth-order valence-electron chi connectivity index (χ4n) is 2.83. The average molecular weight is 247 g/mol. The van der Waals surface area contributed by atoms with Gasteiger partial charge in [0.15, 0.2) is 0 Å². The Morgan fingerprint density at radius 3 is 1.64 bits per heavy atom. The molecule has 0 aliphatic rings. The third-order valence-corrected chi connectivity index (χ3v) is 21.9. The highest BCUT2D eigenvalue weighted by Gasteiger charge is 2.33. The van der Waals surface area contributed by atoms with E-state index >= 15 is 0 Å². The van der Waals surface area contributed by atoms with Gasteiger partial charge in [0.05, 0.1) is 0 Å². The third kappa shape index (κ3) is 5.51. The Morgan fingerprint density at radius 1 is 0.929 bits per heavy atom. The van der Waals surface area contributed by atoms with Gasteiger partial charge in [-0.1, -0.05) is 70.0 Å². The van der Waals surface area contributed by atoms with Crippen molar-refractivity contribution in [1.29, 1.82) is 0 Å². The Kier molecular flexibility index (Phi) is 5.92. The molecule has 0 unspecified atom stereocenters. The molecule has 0 aromatic carbocycles. The molecule has 3 heteroatoms. The van der Waals surface area contributed by atoms with Crippen LogP contribution < -0.4 is 0 Å². The van der Waals surface area contributed by atoms with E-state index in [1.807, 2.05) is 0 Å². The van der Waals surface area contributed by atoms with Crippen LogP contribution in [0.2, 0.25) is 56.2 Å². The Bertz CT molecular complexity index is 160. The van der Waals surface area contributed by atoms with Crippen LogP contribution in [0.1, 0.15) is 13.8 Å². The van der Waals surface area contributed by atoms with Gasteiger partial charge in [-0.3, -0.25) is 0 Å². The summed E-state index contributed by atoms with van der Waals surface area (Å²) < 4.78 is 0. The molecular weight excluding hydrogens is 216 g/mol. The SMILES string of the molecule is CC[Si](C)(CC)C[Si](C)(C)C[SiH](C)C. The molecule has 0 radical (unpaired) electrons. The van der Waals surface area contributed by atoms with Crippen LogP contribution in [-0.4, -0.2) is 24.9 Å². The smallest absolute Gasteiger partial charge is 0.0473 e. The summed E-state index contributed by atoms with van der Waals surface area (Å²) in [7, 11) is -1.96. The first kappa shape index (κ1) is 14.7. The summed E-state index contributed by atoms with van der Waals surface area (Å²) in [5.74, 6) is 0. The molecule has 0 aliphatic carbocycles. The Balaban J connectivity index is 4.32. The van der Waals surface area contributed by atoms with E-state index in [1.54, 1.807) is 11.3 Å². The van der Waals surface area contributed by atoms with Crippen LogP contribution in [0.4, 0.5) is 0 Å². The van der Waals surface area contributed by atoms with Crippen molar-refractivity contribution in [2.75, 3.05) is 0 Å². The molecule has 0 N–H and O–H groups in total. The first-order valence-corrected chi connectivity index (χ1v) is 15.9. The van der Waals surface area contributed by atoms with Crippen LogP contribution in [0, 0.1) is 0 Å². The van der Waals surface area contributed by atoms with Gasteiger partial charge in [0.25, 0.3) is 0 Å². The van der Waals surface area contributed by atoms with Crippen molar-refractivity contribution in [3.05, 3.63) is 0 Å². The summed E-state index contributed by atoms with van der Waals surface area (Å²) in [6.07, 6.45) is 0. The molecule has 0 saturated carbocycles. The first-order valence-electron chi connectivity index (χ1n) is 6.24. The van der Waals surface area contributed by atoms with Crippen LogP contribution >= 0.6 is 0 Å². The largest absolute Gasteiger partial charge is 0.0724 e. The lowest BCUT2D eigenvalue weighted by Gasteiger charge is -2.34. The molecule has 0 fully saturated rings. The van der Waals surface area contributed by atoms with Gasteiger partial charge in [-0.2, -0.15) is 0 Å². The zero-order valence-corrected chi connectivity index (χ0v) is 14.6. The molecule has 0 spiro atoms. The second-order valence-electron chi connectivity index (χ2n) is 6.46. The summed E-state index contributed by atoms with van der Waals surface area (Å²) in [5.41, 5.74) is 3.34. The summed E-state index contributed by atoms with van der Waals surface area (Å²) >= 11 is 0. The van der Waals surface area contributed by atoms with E-state index in [4.69, 9.17) is 0 Å². The van der Waals surface area contributed by atoms with Gasteiger partial charge in [-0.15, -0.1) is 0 Å². The van der Waals surface area contributed by atoms with E-state index in [9.17, 15) is 0 Å². The highest BCUT2D eigenvalue weighted by atomic mass is 28.4. The maximum atomic E-state index is 2.64. The van der Waals surface area contributed by atoms with Crippen LogP contribution in [0.3, 0.4) is 0 Å². The van der Waals surface area contributed by atoms with Gasteiger partial charge >= 0.3 is 0 Å². The Hall–Kier alpha value is 0.651. The fourth-order valence-corrected chi connectivity index (χ4v) is 25.3. The van der Waals surface area contributed by atoms with Gasteiger partial charge < -0.3 is 0 Å². The van der Waals surface area contributed by atoms with Crippen LogP contribution in [0.25, 0.3) is 0 Å². The van der Waals surface area contributed by atoms with Crippen molar-refractivity contribution in [3.63, 3.8) is 0 Å². The van der Waals surface area contributed by atoms with E-state index in [1.165, 1.54) is 12.1 Å². The summed E-state index contributed by atoms with van der Waals surface area (Å²) in [5, 5.41) is 0. The monoisotopic (exact) mass is 246 g/mol. The lowest BCUT2D eigenvalue weighted by atomic mass is 10.9. The molecule has 0 amide bonds. The molecular formula is C11H30Si3. The topological polar surface area (TPSA) is 0 Å². The molecule has 0 nitrogen and oxygen atoms in total. The van der Waals surface area contributed by atoms with E-state index in [2.05, 4.69) is 46.6 Å². The predicted molar refractivity (Wildman–Crippen MR) is 78.6 cm³/mol. The number of hydrogen-bond acceptors (Lipinski definition) is 0. The van der Waals surface area contributed by atoms with Gasteiger partial charge in [-0.25, -0.2) is 0 Å².